The number of ether oxygens (including phenoxy) is 1. The zero-order chi connectivity index (χ0) is 45.2. The standard InChI is InChI=1S/C45H43F4N7O7S/c1-42(2)41(62)64(28-5-3-25(21-50)32(17-28)45(47,48)49)52-56(42)26-4-6-29(33(46)16-26)38(59)54-22-43(23-54)19-27(20-43)53-13-11-44(12-14-53)10-9-24-15-30-31(18-35(24)63-44)40(61)55(39(30)60)34-7-8-36(57)51-37(34)58/h3-6,15-18,27,34,52,64H,7-14,19-20,22-23H2,1-2H3,(H,51,57,58). The van der Waals surface area contributed by atoms with Crippen molar-refractivity contribution in [3.8, 4) is 11.8 Å². The number of thiol groups is 1. The molecule has 4 saturated heterocycles. The number of hydrogen-bond donors (Lipinski definition) is 3. The van der Waals surface area contributed by atoms with Crippen LogP contribution in [0.25, 0.3) is 0 Å². The average Bonchev–Trinajstić information content (AvgIpc) is 3.61. The highest BCUT2D eigenvalue weighted by molar-refractivity contribution is 8.28. The van der Waals surface area contributed by atoms with Crippen molar-refractivity contribution in [2.45, 2.75) is 99.5 Å². The molecule has 10 rings (SSSR count). The number of alkyl halides is 3. The van der Waals surface area contributed by atoms with Crippen molar-refractivity contribution >= 4 is 51.4 Å². The van der Waals surface area contributed by atoms with Gasteiger partial charge in [0, 0.05) is 49.0 Å². The molecule has 0 aromatic heterocycles. The summed E-state index contributed by atoms with van der Waals surface area (Å²) in [6.07, 6.45) is 0.0990. The molecule has 2 N–H and O–H groups in total. The minimum atomic E-state index is -4.80. The van der Waals surface area contributed by atoms with Crippen LogP contribution in [0, 0.1) is 22.6 Å². The number of hydrogen-bond acceptors (Lipinski definition) is 11. The van der Waals surface area contributed by atoms with Gasteiger partial charge in [0.1, 0.15) is 28.7 Å². The Bertz CT molecular complexity index is 2640. The van der Waals surface area contributed by atoms with Gasteiger partial charge in [-0.15, -0.1) is 0 Å². The molecule has 6 aliphatic heterocycles. The van der Waals surface area contributed by atoms with E-state index in [-0.39, 0.29) is 45.5 Å². The number of nitriles is 1. The van der Waals surface area contributed by atoms with Crippen LogP contribution in [0.5, 0.6) is 5.75 Å². The Kier molecular flexibility index (Phi) is 9.60. The van der Waals surface area contributed by atoms with E-state index < -0.39 is 86.0 Å². The number of likely N-dealkylation sites (tertiary alicyclic amines) is 2. The van der Waals surface area contributed by atoms with E-state index in [0.717, 1.165) is 73.9 Å². The summed E-state index contributed by atoms with van der Waals surface area (Å²) in [6, 6.07) is 11.3. The lowest BCUT2D eigenvalue weighted by molar-refractivity contribution is -0.138. The van der Waals surface area contributed by atoms with E-state index in [1.807, 2.05) is 0 Å². The number of halogens is 4. The predicted octanol–water partition coefficient (Wildman–Crippen LogP) is 5.19. The Morgan fingerprint density at radius 2 is 1.62 bits per heavy atom. The lowest BCUT2D eigenvalue weighted by Crippen LogP contribution is -2.68. The van der Waals surface area contributed by atoms with E-state index in [9.17, 15) is 47.2 Å². The van der Waals surface area contributed by atoms with Crippen molar-refractivity contribution in [2.75, 3.05) is 31.2 Å². The van der Waals surface area contributed by atoms with Gasteiger partial charge in [-0.2, -0.15) is 23.3 Å². The zero-order valence-corrected chi connectivity index (χ0v) is 35.7. The fourth-order valence-electron chi connectivity index (χ4n) is 10.7. The molecule has 19 heteroatoms. The van der Waals surface area contributed by atoms with Crippen molar-refractivity contribution in [3.05, 3.63) is 87.7 Å². The van der Waals surface area contributed by atoms with E-state index in [1.165, 1.54) is 29.3 Å². The number of carbonyl (C=O) groups is 6. The first-order valence-electron chi connectivity index (χ1n) is 21.2. The SMILES string of the molecule is CC1(C)C(=O)[SH](c2ccc(C#N)c(C(F)(F)F)c2)NN1c1ccc(C(=O)N2CC3(CC(N4CCC5(CCc6cc7c(cc6O5)C(=O)N(C5CCC(=O)NC5=O)C7=O)CC4)C3)C2)c(F)c1. The van der Waals surface area contributed by atoms with E-state index in [1.54, 1.807) is 30.9 Å². The number of aryl methyl sites for hydroxylation is 1. The van der Waals surface area contributed by atoms with Crippen molar-refractivity contribution in [1.29, 1.82) is 5.26 Å². The number of carbonyl (C=O) groups excluding carboxylic acids is 6. The van der Waals surface area contributed by atoms with Gasteiger partial charge >= 0.3 is 6.18 Å². The maximum atomic E-state index is 15.7. The number of anilines is 1. The molecule has 3 aromatic carbocycles. The first kappa shape index (κ1) is 42.1. The lowest BCUT2D eigenvalue weighted by atomic mass is 9.59. The Hall–Kier alpha value is -5.84. The van der Waals surface area contributed by atoms with Crippen LogP contribution in [-0.4, -0.2) is 98.8 Å². The van der Waals surface area contributed by atoms with E-state index in [0.29, 0.717) is 31.3 Å². The summed E-state index contributed by atoms with van der Waals surface area (Å²) in [5.74, 6) is -2.86. The first-order chi connectivity index (χ1) is 30.3. The highest BCUT2D eigenvalue weighted by atomic mass is 32.2. The molecule has 3 aromatic rings. The number of hydrazine groups is 1. The smallest absolute Gasteiger partial charge is 0.417 e. The molecular formula is C45H43F4N7O7S. The summed E-state index contributed by atoms with van der Waals surface area (Å²) in [6.45, 7) is 5.76. The molecule has 1 saturated carbocycles. The summed E-state index contributed by atoms with van der Waals surface area (Å²) in [5, 5.41) is 12.4. The first-order valence-corrected chi connectivity index (χ1v) is 22.6. The van der Waals surface area contributed by atoms with E-state index >= 15 is 4.39 Å². The average molecular weight is 902 g/mol. The number of piperidine rings is 2. The van der Waals surface area contributed by atoms with Crippen molar-refractivity contribution < 1.29 is 51.1 Å². The predicted molar refractivity (Wildman–Crippen MR) is 221 cm³/mol. The van der Waals surface area contributed by atoms with Gasteiger partial charge in [0.15, 0.2) is 0 Å². The van der Waals surface area contributed by atoms with Crippen LogP contribution in [0.3, 0.4) is 0 Å². The molecule has 6 heterocycles. The Labute approximate surface area is 367 Å². The number of nitrogens with one attached hydrogen (secondary N) is 2. The van der Waals surface area contributed by atoms with Crippen LogP contribution in [-0.2, 0) is 27.0 Å². The molecule has 5 amide bonds. The second-order valence-corrected chi connectivity index (χ2v) is 20.4. The maximum absolute atomic E-state index is 15.7. The third-order valence-electron chi connectivity index (χ3n) is 14.3. The molecule has 1 aliphatic carbocycles. The fraction of sp³-hybridized carbons (Fsp3) is 0.444. The molecule has 0 bridgehead atoms. The number of fused-ring (bicyclic) bond motifs is 2. The summed E-state index contributed by atoms with van der Waals surface area (Å²) < 4.78 is 63.5. The zero-order valence-electron chi connectivity index (χ0n) is 34.8. The Morgan fingerprint density at radius 1 is 0.922 bits per heavy atom. The number of imide groups is 2. The number of amides is 5. The molecule has 0 radical (unpaired) electrons. The van der Waals surface area contributed by atoms with Crippen LogP contribution in [0.1, 0.15) is 107 Å². The molecule has 334 valence electrons. The van der Waals surface area contributed by atoms with E-state index in [2.05, 4.69) is 15.0 Å². The molecule has 2 atom stereocenters. The molecule has 7 aliphatic rings. The van der Waals surface area contributed by atoms with Gasteiger partial charge < -0.3 is 14.5 Å². The molecule has 5 fully saturated rings. The van der Waals surface area contributed by atoms with Crippen LogP contribution < -0.4 is 19.9 Å². The summed E-state index contributed by atoms with van der Waals surface area (Å²) in [4.78, 5) is 86.2. The van der Waals surface area contributed by atoms with Crippen LogP contribution in [0.2, 0.25) is 0 Å². The lowest BCUT2D eigenvalue weighted by Gasteiger charge is -2.62. The second kappa shape index (κ2) is 14.6. The quantitative estimate of drug-likeness (QED) is 0.175. The highest BCUT2D eigenvalue weighted by Crippen LogP contribution is 2.53. The Balaban J connectivity index is 0.730. The topological polar surface area (TPSA) is 172 Å². The van der Waals surface area contributed by atoms with E-state index in [4.69, 9.17) is 4.74 Å². The van der Waals surface area contributed by atoms with Crippen molar-refractivity contribution in [2.24, 2.45) is 5.41 Å². The molecule has 14 nitrogen and oxygen atoms in total. The number of nitrogens with zero attached hydrogens (tertiary/aromatic N) is 5. The largest absolute Gasteiger partial charge is 0.487 e. The van der Waals surface area contributed by atoms with Gasteiger partial charge in [-0.1, -0.05) is 11.1 Å². The minimum absolute atomic E-state index is 0.0437. The van der Waals surface area contributed by atoms with Crippen LogP contribution in [0.4, 0.5) is 23.2 Å². The summed E-state index contributed by atoms with van der Waals surface area (Å²) in [7, 11) is 0. The van der Waals surface area contributed by atoms with Crippen LogP contribution >= 0.6 is 11.1 Å². The molecule has 64 heavy (non-hydrogen) atoms. The molecular weight excluding hydrogens is 859 g/mol. The van der Waals surface area contributed by atoms with Gasteiger partial charge in [-0.25, -0.2) is 4.39 Å². The van der Waals surface area contributed by atoms with Gasteiger partial charge in [0.05, 0.1) is 39.6 Å². The second-order valence-electron chi connectivity index (χ2n) is 18.6. The Morgan fingerprint density at radius 3 is 2.28 bits per heavy atom. The third-order valence-corrected chi connectivity index (χ3v) is 16.5. The summed E-state index contributed by atoms with van der Waals surface area (Å²) in [5.41, 5.74) is -2.06. The highest BCUT2D eigenvalue weighted by Gasteiger charge is 2.56. The monoisotopic (exact) mass is 901 g/mol. The number of rotatable bonds is 5. The van der Waals surface area contributed by atoms with Gasteiger partial charge in [0.25, 0.3) is 17.7 Å². The third kappa shape index (κ3) is 6.66. The minimum Gasteiger partial charge on any atom is -0.487 e. The number of benzene rings is 3. The normalized spacial score (nSPS) is 25.4. The molecule has 2 spiro atoms. The molecule has 2 unspecified atom stereocenters. The van der Waals surface area contributed by atoms with Gasteiger partial charge in [-0.05, 0) is 113 Å². The van der Waals surface area contributed by atoms with Crippen molar-refractivity contribution in [1.82, 2.24) is 24.8 Å². The van der Waals surface area contributed by atoms with Crippen molar-refractivity contribution in [3.63, 3.8) is 0 Å². The van der Waals surface area contributed by atoms with Gasteiger partial charge in [0.2, 0.25) is 16.9 Å². The maximum Gasteiger partial charge on any atom is 0.417 e. The van der Waals surface area contributed by atoms with Gasteiger partial charge in [-0.3, -0.25) is 44.0 Å². The fourth-order valence-corrected chi connectivity index (χ4v) is 12.8. The van der Waals surface area contributed by atoms with Crippen LogP contribution in [0.15, 0.2) is 53.4 Å². The summed E-state index contributed by atoms with van der Waals surface area (Å²) >= 11 is -2.02.